The summed E-state index contributed by atoms with van der Waals surface area (Å²) in [5.74, 6) is 0.415. The Hall–Kier alpha value is -2.56. The fourth-order valence-electron chi connectivity index (χ4n) is 1.93. The molecule has 0 aliphatic rings. The Labute approximate surface area is 117 Å². The Bertz CT molecular complexity index is 659. The predicted octanol–water partition coefficient (Wildman–Crippen LogP) is 2.28. The number of aryl methyl sites for hydroxylation is 3. The van der Waals surface area contributed by atoms with Crippen LogP contribution in [-0.4, -0.2) is 11.8 Å². The summed E-state index contributed by atoms with van der Waals surface area (Å²) < 4.78 is 5.27. The Balaban J connectivity index is 2.02. The molecule has 0 fully saturated rings. The first-order valence-corrected chi connectivity index (χ1v) is 6.22. The zero-order chi connectivity index (χ0) is 14.7. The number of rotatable bonds is 2. The number of benzene rings is 1. The van der Waals surface area contributed by atoms with Gasteiger partial charge in [0.05, 0.1) is 5.56 Å². The standard InChI is InChI=1S/C15H16N2O3/c1-9-6-4-5-7-12(9)14(18)16-17-15(19)13-8-10(2)20-11(13)3/h4-8H,1-3H3,(H,16,18)(H,17,19). The summed E-state index contributed by atoms with van der Waals surface area (Å²) >= 11 is 0. The highest BCUT2D eigenvalue weighted by Crippen LogP contribution is 2.13. The fourth-order valence-corrected chi connectivity index (χ4v) is 1.93. The van der Waals surface area contributed by atoms with E-state index in [4.69, 9.17) is 4.42 Å². The maximum absolute atomic E-state index is 11.9. The molecule has 0 aliphatic carbocycles. The molecule has 2 rings (SSSR count). The van der Waals surface area contributed by atoms with E-state index in [9.17, 15) is 9.59 Å². The molecule has 0 spiro atoms. The third kappa shape index (κ3) is 2.88. The first kappa shape index (κ1) is 13.9. The molecule has 1 aromatic carbocycles. The van der Waals surface area contributed by atoms with E-state index in [1.807, 2.05) is 19.1 Å². The van der Waals surface area contributed by atoms with E-state index in [-0.39, 0.29) is 5.91 Å². The number of hydrazine groups is 1. The molecule has 2 aromatic rings. The summed E-state index contributed by atoms with van der Waals surface area (Å²) in [6.45, 7) is 5.29. The van der Waals surface area contributed by atoms with Crippen LogP contribution < -0.4 is 10.9 Å². The molecule has 1 aromatic heterocycles. The van der Waals surface area contributed by atoms with Gasteiger partial charge in [-0.15, -0.1) is 0 Å². The molecule has 0 radical (unpaired) electrons. The lowest BCUT2D eigenvalue weighted by molar-refractivity contribution is 0.0845. The average molecular weight is 272 g/mol. The number of carbonyl (C=O) groups excluding carboxylic acids is 2. The first-order chi connectivity index (χ1) is 9.49. The molecule has 5 heteroatoms. The monoisotopic (exact) mass is 272 g/mol. The zero-order valence-electron chi connectivity index (χ0n) is 11.6. The van der Waals surface area contributed by atoms with Crippen molar-refractivity contribution >= 4 is 11.8 Å². The SMILES string of the molecule is Cc1cc(C(=O)NNC(=O)c2ccccc2C)c(C)o1. The molecule has 0 bridgehead atoms. The summed E-state index contributed by atoms with van der Waals surface area (Å²) in [7, 11) is 0. The summed E-state index contributed by atoms with van der Waals surface area (Å²) in [6, 6.07) is 8.78. The van der Waals surface area contributed by atoms with E-state index in [0.29, 0.717) is 22.6 Å². The van der Waals surface area contributed by atoms with Crippen molar-refractivity contribution in [3.05, 3.63) is 58.5 Å². The van der Waals surface area contributed by atoms with Crippen molar-refractivity contribution in [3.8, 4) is 0 Å². The minimum atomic E-state index is -0.402. The van der Waals surface area contributed by atoms with Gasteiger partial charge in [0.1, 0.15) is 11.5 Å². The van der Waals surface area contributed by atoms with Gasteiger partial charge in [-0.3, -0.25) is 20.4 Å². The fraction of sp³-hybridized carbons (Fsp3) is 0.200. The van der Waals surface area contributed by atoms with Crippen LogP contribution in [-0.2, 0) is 0 Å². The minimum Gasteiger partial charge on any atom is -0.466 e. The molecule has 20 heavy (non-hydrogen) atoms. The second-order valence-corrected chi connectivity index (χ2v) is 4.55. The van der Waals surface area contributed by atoms with Crippen LogP contribution in [0.3, 0.4) is 0 Å². The van der Waals surface area contributed by atoms with E-state index in [1.165, 1.54) is 0 Å². The van der Waals surface area contributed by atoms with E-state index in [1.54, 1.807) is 32.0 Å². The second-order valence-electron chi connectivity index (χ2n) is 4.55. The summed E-state index contributed by atoms with van der Waals surface area (Å²) in [5, 5.41) is 0. The topological polar surface area (TPSA) is 71.3 Å². The third-order valence-corrected chi connectivity index (χ3v) is 2.96. The molecule has 0 unspecified atom stereocenters. The molecule has 0 aliphatic heterocycles. The van der Waals surface area contributed by atoms with Gasteiger partial charge < -0.3 is 4.42 Å². The van der Waals surface area contributed by atoms with Gasteiger partial charge in [0.25, 0.3) is 11.8 Å². The van der Waals surface area contributed by atoms with Crippen LogP contribution in [0.25, 0.3) is 0 Å². The highest BCUT2D eigenvalue weighted by molar-refractivity contribution is 6.00. The Kier molecular flexibility index (Phi) is 3.89. The number of nitrogens with one attached hydrogen (secondary N) is 2. The van der Waals surface area contributed by atoms with Gasteiger partial charge in [-0.2, -0.15) is 0 Å². The van der Waals surface area contributed by atoms with Crippen LogP contribution in [0.4, 0.5) is 0 Å². The lowest BCUT2D eigenvalue weighted by Crippen LogP contribution is -2.41. The van der Waals surface area contributed by atoms with Crippen LogP contribution in [0.15, 0.2) is 34.7 Å². The van der Waals surface area contributed by atoms with Crippen molar-refractivity contribution in [1.29, 1.82) is 0 Å². The normalized spacial score (nSPS) is 10.2. The molecular formula is C15H16N2O3. The van der Waals surface area contributed by atoms with Crippen molar-refractivity contribution in [1.82, 2.24) is 10.9 Å². The number of carbonyl (C=O) groups is 2. The van der Waals surface area contributed by atoms with Crippen molar-refractivity contribution in [3.63, 3.8) is 0 Å². The first-order valence-electron chi connectivity index (χ1n) is 6.22. The minimum absolute atomic E-state index is 0.352. The van der Waals surface area contributed by atoms with Crippen molar-refractivity contribution in [2.75, 3.05) is 0 Å². The van der Waals surface area contributed by atoms with Crippen molar-refractivity contribution in [2.24, 2.45) is 0 Å². The largest absolute Gasteiger partial charge is 0.466 e. The van der Waals surface area contributed by atoms with Crippen LogP contribution in [0.2, 0.25) is 0 Å². The summed E-state index contributed by atoms with van der Waals surface area (Å²) in [4.78, 5) is 23.9. The predicted molar refractivity (Wildman–Crippen MR) is 74.3 cm³/mol. The van der Waals surface area contributed by atoms with E-state index >= 15 is 0 Å². The van der Waals surface area contributed by atoms with Gasteiger partial charge in [0, 0.05) is 5.56 Å². The molecule has 1 heterocycles. The van der Waals surface area contributed by atoms with Crippen LogP contribution in [0, 0.1) is 20.8 Å². The number of hydrogen-bond acceptors (Lipinski definition) is 3. The molecule has 0 saturated carbocycles. The number of furan rings is 1. The average Bonchev–Trinajstić information content (AvgIpc) is 2.75. The van der Waals surface area contributed by atoms with Gasteiger partial charge in [0.15, 0.2) is 0 Å². The third-order valence-electron chi connectivity index (χ3n) is 2.96. The van der Waals surface area contributed by atoms with Gasteiger partial charge in [-0.05, 0) is 38.5 Å². The van der Waals surface area contributed by atoms with Gasteiger partial charge in [-0.25, -0.2) is 0 Å². The molecule has 0 atom stereocenters. The quantitative estimate of drug-likeness (QED) is 0.824. The highest BCUT2D eigenvalue weighted by Gasteiger charge is 2.15. The molecule has 2 amide bonds. The summed E-state index contributed by atoms with van der Waals surface area (Å²) in [6.07, 6.45) is 0. The number of hydrogen-bond donors (Lipinski definition) is 2. The lowest BCUT2D eigenvalue weighted by Gasteiger charge is -2.08. The van der Waals surface area contributed by atoms with Gasteiger partial charge >= 0.3 is 0 Å². The maximum Gasteiger partial charge on any atom is 0.273 e. The van der Waals surface area contributed by atoms with Crippen LogP contribution in [0.5, 0.6) is 0 Å². The Morgan fingerprint density at radius 1 is 0.950 bits per heavy atom. The Morgan fingerprint density at radius 3 is 2.10 bits per heavy atom. The molecule has 104 valence electrons. The molecule has 2 N–H and O–H groups in total. The van der Waals surface area contributed by atoms with Crippen molar-refractivity contribution in [2.45, 2.75) is 20.8 Å². The van der Waals surface area contributed by atoms with E-state index in [2.05, 4.69) is 10.9 Å². The zero-order valence-corrected chi connectivity index (χ0v) is 11.6. The molecule has 0 saturated heterocycles. The molecular weight excluding hydrogens is 256 g/mol. The van der Waals surface area contributed by atoms with Crippen LogP contribution in [0.1, 0.15) is 37.8 Å². The van der Waals surface area contributed by atoms with Gasteiger partial charge in [-0.1, -0.05) is 18.2 Å². The van der Waals surface area contributed by atoms with E-state index < -0.39 is 5.91 Å². The van der Waals surface area contributed by atoms with Crippen molar-refractivity contribution < 1.29 is 14.0 Å². The second kappa shape index (κ2) is 5.61. The van der Waals surface area contributed by atoms with Gasteiger partial charge in [0.2, 0.25) is 0 Å². The lowest BCUT2D eigenvalue weighted by atomic mass is 10.1. The Morgan fingerprint density at radius 2 is 1.55 bits per heavy atom. The number of amides is 2. The summed E-state index contributed by atoms with van der Waals surface area (Å²) in [5.41, 5.74) is 6.55. The van der Waals surface area contributed by atoms with E-state index in [0.717, 1.165) is 5.56 Å². The molecule has 5 nitrogen and oxygen atoms in total. The highest BCUT2D eigenvalue weighted by atomic mass is 16.3. The maximum atomic E-state index is 11.9. The smallest absolute Gasteiger partial charge is 0.273 e. The van der Waals surface area contributed by atoms with Crippen LogP contribution >= 0.6 is 0 Å².